The van der Waals surface area contributed by atoms with E-state index < -0.39 is 25.2 Å². The molecule has 1 atom stereocenters. The molecule has 12 heteroatoms. The quantitative estimate of drug-likeness (QED) is 0.289. The first-order valence-electron chi connectivity index (χ1n) is 9.27. The van der Waals surface area contributed by atoms with Gasteiger partial charge in [0.15, 0.2) is 5.96 Å². The highest BCUT2D eigenvalue weighted by Crippen LogP contribution is 2.19. The number of guanidine groups is 1. The zero-order chi connectivity index (χ0) is 22.1. The zero-order valence-corrected chi connectivity index (χ0v) is 20.2. The molecule has 1 heterocycles. The summed E-state index contributed by atoms with van der Waals surface area (Å²) in [6, 6.07) is 8.94. The normalized spacial score (nSPS) is 12.6. The number of halogens is 5. The molecule has 1 unspecified atom stereocenters. The van der Waals surface area contributed by atoms with E-state index >= 15 is 0 Å². The van der Waals surface area contributed by atoms with Gasteiger partial charge in [0.2, 0.25) is 5.91 Å². The van der Waals surface area contributed by atoms with Crippen molar-refractivity contribution in [3.63, 3.8) is 0 Å². The van der Waals surface area contributed by atoms with Crippen LogP contribution in [-0.2, 0) is 4.79 Å². The summed E-state index contributed by atoms with van der Waals surface area (Å²) >= 11 is 5.97. The Morgan fingerprint density at radius 1 is 1.29 bits per heavy atom. The number of rotatable bonds is 8. The minimum absolute atomic E-state index is 0. The summed E-state index contributed by atoms with van der Waals surface area (Å²) in [5, 5.41) is 11.0. The van der Waals surface area contributed by atoms with Gasteiger partial charge in [0.25, 0.3) is 0 Å². The molecule has 0 aliphatic heterocycles. The van der Waals surface area contributed by atoms with Crippen LogP contribution >= 0.6 is 35.6 Å². The number of benzene rings is 1. The van der Waals surface area contributed by atoms with E-state index in [0.717, 1.165) is 12.6 Å². The molecule has 2 N–H and O–H groups in total. The lowest BCUT2D eigenvalue weighted by Gasteiger charge is -2.21. The van der Waals surface area contributed by atoms with E-state index in [1.165, 1.54) is 0 Å². The van der Waals surface area contributed by atoms with Gasteiger partial charge in [-0.25, -0.2) is 4.99 Å². The molecule has 0 spiro atoms. The summed E-state index contributed by atoms with van der Waals surface area (Å²) in [5.41, 5.74) is 0.951. The van der Waals surface area contributed by atoms with Gasteiger partial charge in [0.05, 0.1) is 6.04 Å². The highest BCUT2D eigenvalue weighted by molar-refractivity contribution is 14.0. The van der Waals surface area contributed by atoms with Crippen LogP contribution < -0.4 is 10.6 Å². The van der Waals surface area contributed by atoms with Crippen molar-refractivity contribution in [2.75, 3.05) is 33.2 Å². The number of carbonyl (C=O) groups is 1. The summed E-state index contributed by atoms with van der Waals surface area (Å²) in [5.74, 6) is -0.414. The number of aliphatic imine (C=N–C) groups is 1. The molecule has 1 amide bonds. The monoisotopic (exact) mass is 572 g/mol. The fraction of sp³-hybridized carbons (Fsp3) is 0.421. The summed E-state index contributed by atoms with van der Waals surface area (Å²) < 4.78 is 39.1. The smallest absolute Gasteiger partial charge is 0.357 e. The molecule has 172 valence electrons. The number of carbonyl (C=O) groups excluding carboxylic acids is 1. The van der Waals surface area contributed by atoms with Crippen LogP contribution in [0, 0.1) is 0 Å². The number of nitrogens with one attached hydrogen (secondary N) is 2. The highest BCUT2D eigenvalue weighted by atomic mass is 127. The van der Waals surface area contributed by atoms with Gasteiger partial charge in [-0.1, -0.05) is 23.7 Å². The Kier molecular flexibility index (Phi) is 11.1. The topological polar surface area (TPSA) is 74.6 Å². The van der Waals surface area contributed by atoms with Crippen molar-refractivity contribution in [2.24, 2.45) is 4.99 Å². The molecule has 2 rings (SSSR count). The summed E-state index contributed by atoms with van der Waals surface area (Å²) in [7, 11) is 1.10. The van der Waals surface area contributed by atoms with Gasteiger partial charge in [0, 0.05) is 37.6 Å². The Bertz CT molecular complexity index is 830. The maximum absolute atomic E-state index is 12.4. The fourth-order valence-electron chi connectivity index (χ4n) is 2.67. The maximum Gasteiger partial charge on any atom is 0.406 e. The Balaban J connectivity index is 0.00000480. The molecular weight excluding hydrogens is 548 g/mol. The summed E-state index contributed by atoms with van der Waals surface area (Å²) in [4.78, 5) is 16.7. The van der Waals surface area contributed by atoms with Crippen molar-refractivity contribution in [3.8, 4) is 0 Å². The molecule has 0 aliphatic carbocycles. The molecular formula is C19H25ClF3IN6O. The minimum Gasteiger partial charge on any atom is -0.357 e. The number of likely N-dealkylation sites (N-methyl/N-ethyl adjacent to an activating group) is 1. The first-order chi connectivity index (χ1) is 14.2. The third kappa shape index (κ3) is 9.33. The lowest BCUT2D eigenvalue weighted by Crippen LogP contribution is -2.42. The Morgan fingerprint density at radius 2 is 1.97 bits per heavy atom. The second-order valence-corrected chi connectivity index (χ2v) is 6.93. The molecule has 1 aromatic heterocycles. The van der Waals surface area contributed by atoms with Crippen LogP contribution in [0.15, 0.2) is 47.7 Å². The van der Waals surface area contributed by atoms with E-state index in [-0.39, 0.29) is 30.0 Å². The number of aromatic nitrogens is 2. The van der Waals surface area contributed by atoms with Crippen molar-refractivity contribution >= 4 is 47.4 Å². The van der Waals surface area contributed by atoms with Crippen LogP contribution in [0.1, 0.15) is 18.5 Å². The third-order valence-electron chi connectivity index (χ3n) is 4.12. The van der Waals surface area contributed by atoms with Gasteiger partial charge < -0.3 is 15.5 Å². The Morgan fingerprint density at radius 3 is 2.52 bits per heavy atom. The van der Waals surface area contributed by atoms with Gasteiger partial charge in [-0.3, -0.25) is 9.48 Å². The standard InChI is InChI=1S/C19H24ClF3N6O.HI/c1-3-24-18(26-12-17(30)28(2)13-19(21,22)23)25-11-16(29-10-4-9-27-29)14-5-7-15(20)8-6-14;/h4-10,16H,3,11-13H2,1-2H3,(H2,24,25,26);1H. The van der Waals surface area contributed by atoms with Gasteiger partial charge in [-0.05, 0) is 30.7 Å². The van der Waals surface area contributed by atoms with Crippen LogP contribution in [0.2, 0.25) is 5.02 Å². The second kappa shape index (κ2) is 12.7. The number of amides is 1. The molecule has 0 bridgehead atoms. The fourth-order valence-corrected chi connectivity index (χ4v) is 2.80. The molecule has 0 aliphatic rings. The molecule has 0 fully saturated rings. The molecule has 0 saturated carbocycles. The van der Waals surface area contributed by atoms with Crippen LogP contribution in [-0.4, -0.2) is 66.0 Å². The SMILES string of the molecule is CCNC(=NCC(=O)N(C)CC(F)(F)F)NCC(c1ccc(Cl)cc1)n1cccn1.I. The van der Waals surface area contributed by atoms with Crippen LogP contribution in [0.25, 0.3) is 0 Å². The Hall–Kier alpha value is -2.02. The van der Waals surface area contributed by atoms with E-state index in [1.807, 2.05) is 25.3 Å². The zero-order valence-electron chi connectivity index (χ0n) is 17.1. The number of hydrogen-bond donors (Lipinski definition) is 2. The first-order valence-corrected chi connectivity index (χ1v) is 9.65. The van der Waals surface area contributed by atoms with Gasteiger partial charge >= 0.3 is 6.18 Å². The van der Waals surface area contributed by atoms with Crippen LogP contribution in [0.4, 0.5) is 13.2 Å². The van der Waals surface area contributed by atoms with Gasteiger partial charge in [0.1, 0.15) is 13.1 Å². The van der Waals surface area contributed by atoms with E-state index in [1.54, 1.807) is 29.1 Å². The molecule has 0 radical (unpaired) electrons. The average molecular weight is 573 g/mol. The van der Waals surface area contributed by atoms with Crippen molar-refractivity contribution in [2.45, 2.75) is 19.1 Å². The number of alkyl halides is 3. The second-order valence-electron chi connectivity index (χ2n) is 6.49. The van der Waals surface area contributed by atoms with Crippen LogP contribution in [0.3, 0.4) is 0 Å². The number of nitrogens with zero attached hydrogens (tertiary/aromatic N) is 4. The highest BCUT2D eigenvalue weighted by Gasteiger charge is 2.31. The molecule has 1 aromatic carbocycles. The van der Waals surface area contributed by atoms with Gasteiger partial charge in [-0.15, -0.1) is 24.0 Å². The first kappa shape index (κ1) is 27.0. The van der Waals surface area contributed by atoms with Crippen molar-refractivity contribution in [1.29, 1.82) is 0 Å². The summed E-state index contributed by atoms with van der Waals surface area (Å²) in [6.45, 7) is 1.02. The lowest BCUT2D eigenvalue weighted by molar-refractivity contribution is -0.157. The Labute approximate surface area is 201 Å². The lowest BCUT2D eigenvalue weighted by atomic mass is 10.1. The third-order valence-corrected chi connectivity index (χ3v) is 4.37. The summed E-state index contributed by atoms with van der Waals surface area (Å²) in [6.07, 6.45) is -0.968. The number of hydrogen-bond acceptors (Lipinski definition) is 3. The van der Waals surface area contributed by atoms with E-state index in [9.17, 15) is 18.0 Å². The van der Waals surface area contributed by atoms with Crippen molar-refractivity contribution < 1.29 is 18.0 Å². The van der Waals surface area contributed by atoms with E-state index in [4.69, 9.17) is 11.6 Å². The van der Waals surface area contributed by atoms with Crippen molar-refractivity contribution in [3.05, 3.63) is 53.3 Å². The van der Waals surface area contributed by atoms with Crippen molar-refractivity contribution in [1.82, 2.24) is 25.3 Å². The predicted molar refractivity (Wildman–Crippen MR) is 125 cm³/mol. The molecule has 0 saturated heterocycles. The molecule has 2 aromatic rings. The maximum atomic E-state index is 12.4. The predicted octanol–water partition coefficient (Wildman–Crippen LogP) is 3.32. The van der Waals surface area contributed by atoms with Crippen LogP contribution in [0.5, 0.6) is 0 Å². The largest absolute Gasteiger partial charge is 0.406 e. The minimum atomic E-state index is -4.45. The molecule has 7 nitrogen and oxygen atoms in total. The molecule has 31 heavy (non-hydrogen) atoms. The van der Waals surface area contributed by atoms with E-state index in [0.29, 0.717) is 29.0 Å². The van der Waals surface area contributed by atoms with Gasteiger partial charge in [-0.2, -0.15) is 18.3 Å². The average Bonchev–Trinajstić information content (AvgIpc) is 3.20. The van der Waals surface area contributed by atoms with E-state index in [2.05, 4.69) is 20.7 Å².